The highest BCUT2D eigenvalue weighted by atomic mass is 19.1. The van der Waals surface area contributed by atoms with Crippen LogP contribution in [0.15, 0.2) is 52.4 Å². The number of pyridine rings is 2. The number of halogens is 2. The highest BCUT2D eigenvalue weighted by molar-refractivity contribution is 6.06. The third kappa shape index (κ3) is 3.25. The first-order chi connectivity index (χ1) is 16.3. The molecule has 34 heavy (non-hydrogen) atoms. The highest BCUT2D eigenvalue weighted by Crippen LogP contribution is 2.34. The third-order valence-corrected chi connectivity index (χ3v) is 5.59. The number of benzene rings is 1. The molecule has 4 heterocycles. The number of H-pyrrole nitrogens is 2. The SMILES string of the molecule is Cc1nc2c(-c3ccc[nH]c3=O)c(C(=O)O)n(Cc3cc4c(=O)[nH]cnc4cc3F)c2cc1F. The lowest BCUT2D eigenvalue weighted by molar-refractivity contribution is 0.0687. The average Bonchev–Trinajstić information content (AvgIpc) is 3.08. The molecule has 1 aromatic carbocycles. The van der Waals surface area contributed by atoms with Gasteiger partial charge in [0.05, 0.1) is 46.1 Å². The van der Waals surface area contributed by atoms with Crippen LogP contribution in [-0.2, 0) is 6.54 Å². The molecule has 0 saturated carbocycles. The van der Waals surface area contributed by atoms with Gasteiger partial charge in [-0.2, -0.15) is 0 Å². The van der Waals surface area contributed by atoms with Crippen LogP contribution in [0, 0.1) is 18.6 Å². The third-order valence-electron chi connectivity index (χ3n) is 5.59. The zero-order chi connectivity index (χ0) is 24.1. The van der Waals surface area contributed by atoms with Gasteiger partial charge in [-0.05, 0) is 25.1 Å². The molecule has 11 heteroatoms. The molecule has 0 aliphatic rings. The fraction of sp³-hybridized carbons (Fsp3) is 0.0870. The second-order valence-electron chi connectivity index (χ2n) is 7.64. The van der Waals surface area contributed by atoms with E-state index >= 15 is 0 Å². The summed E-state index contributed by atoms with van der Waals surface area (Å²) in [5, 5.41) is 10.2. The number of hydrogen-bond acceptors (Lipinski definition) is 5. The molecule has 0 amide bonds. The van der Waals surface area contributed by atoms with Gasteiger partial charge in [0.1, 0.15) is 17.3 Å². The summed E-state index contributed by atoms with van der Waals surface area (Å²) in [6.07, 6.45) is 2.53. The lowest BCUT2D eigenvalue weighted by Crippen LogP contribution is -2.14. The standard InChI is InChI=1S/C23H15F2N5O4/c1-10-14(24)7-17-19(29-10)18(12-3-2-4-26-21(12)31)20(23(33)34)30(17)8-11-5-13-16(6-15(11)25)27-9-28-22(13)32/h2-7,9H,8H2,1H3,(H,26,31)(H,33,34)(H,27,28,32). The predicted molar refractivity (Wildman–Crippen MR) is 119 cm³/mol. The largest absolute Gasteiger partial charge is 0.477 e. The number of carbonyl (C=O) groups is 1. The van der Waals surface area contributed by atoms with E-state index < -0.39 is 28.7 Å². The molecule has 9 nitrogen and oxygen atoms in total. The molecule has 0 bridgehead atoms. The molecule has 0 aliphatic carbocycles. The van der Waals surface area contributed by atoms with Crippen LogP contribution in [0.5, 0.6) is 0 Å². The summed E-state index contributed by atoms with van der Waals surface area (Å²) in [6, 6.07) is 6.37. The maximum atomic E-state index is 14.9. The van der Waals surface area contributed by atoms with E-state index in [-0.39, 0.29) is 56.6 Å². The number of aromatic carboxylic acids is 1. The summed E-state index contributed by atoms with van der Waals surface area (Å²) in [5.41, 5.74) is -1.21. The number of aromatic amines is 2. The lowest BCUT2D eigenvalue weighted by atomic mass is 10.1. The Kier molecular flexibility index (Phi) is 4.82. The van der Waals surface area contributed by atoms with Gasteiger partial charge in [-0.15, -0.1) is 0 Å². The Hall–Kier alpha value is -4.67. The molecular weight excluding hydrogens is 448 g/mol. The second-order valence-corrected chi connectivity index (χ2v) is 7.64. The average molecular weight is 463 g/mol. The molecule has 0 aliphatic heterocycles. The van der Waals surface area contributed by atoms with E-state index in [2.05, 4.69) is 19.9 Å². The van der Waals surface area contributed by atoms with E-state index in [1.165, 1.54) is 35.9 Å². The Balaban J connectivity index is 1.86. The van der Waals surface area contributed by atoms with Crippen molar-refractivity contribution in [3.8, 4) is 11.1 Å². The smallest absolute Gasteiger partial charge is 0.353 e. The van der Waals surface area contributed by atoms with E-state index in [0.717, 1.165) is 18.5 Å². The van der Waals surface area contributed by atoms with Crippen LogP contribution < -0.4 is 11.1 Å². The summed E-state index contributed by atoms with van der Waals surface area (Å²) < 4.78 is 30.6. The molecule has 170 valence electrons. The quantitative estimate of drug-likeness (QED) is 0.375. The van der Waals surface area contributed by atoms with Gasteiger partial charge in [0.25, 0.3) is 11.1 Å². The van der Waals surface area contributed by atoms with Gasteiger partial charge in [-0.1, -0.05) is 0 Å². The number of aromatic nitrogens is 5. The van der Waals surface area contributed by atoms with Crippen molar-refractivity contribution in [1.29, 1.82) is 0 Å². The van der Waals surface area contributed by atoms with Gasteiger partial charge < -0.3 is 19.6 Å². The van der Waals surface area contributed by atoms with Gasteiger partial charge in [0, 0.05) is 29.5 Å². The minimum atomic E-state index is -1.42. The molecule has 0 radical (unpaired) electrons. The summed E-state index contributed by atoms with van der Waals surface area (Å²) in [7, 11) is 0. The van der Waals surface area contributed by atoms with Crippen LogP contribution in [0.2, 0.25) is 0 Å². The normalized spacial score (nSPS) is 11.4. The van der Waals surface area contributed by atoms with Gasteiger partial charge in [-0.3, -0.25) is 9.59 Å². The molecule has 0 atom stereocenters. The van der Waals surface area contributed by atoms with Crippen LogP contribution in [-0.4, -0.2) is 35.6 Å². The van der Waals surface area contributed by atoms with Crippen molar-refractivity contribution in [2.75, 3.05) is 0 Å². The number of carboxylic acid groups (broad SMARTS) is 1. The number of hydrogen-bond donors (Lipinski definition) is 3. The Labute approximate surface area is 188 Å². The first-order valence-electron chi connectivity index (χ1n) is 10.0. The number of carboxylic acids is 1. The zero-order valence-corrected chi connectivity index (χ0v) is 17.5. The van der Waals surface area contributed by atoms with E-state index in [4.69, 9.17) is 0 Å². The maximum Gasteiger partial charge on any atom is 0.353 e. The summed E-state index contributed by atoms with van der Waals surface area (Å²) >= 11 is 0. The molecule has 0 fully saturated rings. The summed E-state index contributed by atoms with van der Waals surface area (Å²) in [6.45, 7) is 1.04. The molecular formula is C23H15F2N5O4. The molecule has 3 N–H and O–H groups in total. The van der Waals surface area contributed by atoms with Crippen molar-refractivity contribution in [2.24, 2.45) is 0 Å². The number of rotatable bonds is 4. The molecule has 0 spiro atoms. The summed E-state index contributed by atoms with van der Waals surface area (Å²) in [4.78, 5) is 50.1. The van der Waals surface area contributed by atoms with Crippen LogP contribution in [0.3, 0.4) is 0 Å². The van der Waals surface area contributed by atoms with Gasteiger partial charge in [0.2, 0.25) is 0 Å². The molecule has 5 aromatic rings. The first-order valence-corrected chi connectivity index (χ1v) is 10.0. The minimum absolute atomic E-state index is 0.00434. The van der Waals surface area contributed by atoms with E-state index in [1.54, 1.807) is 0 Å². The lowest BCUT2D eigenvalue weighted by Gasteiger charge is -2.11. The number of nitrogens with one attached hydrogen (secondary N) is 2. The van der Waals surface area contributed by atoms with Gasteiger partial charge in [0.15, 0.2) is 0 Å². The van der Waals surface area contributed by atoms with Crippen LogP contribution in [0.1, 0.15) is 21.7 Å². The number of aryl methyl sites for hydroxylation is 1. The molecule has 0 unspecified atom stereocenters. The number of fused-ring (bicyclic) bond motifs is 2. The van der Waals surface area contributed by atoms with Crippen molar-refractivity contribution < 1.29 is 18.7 Å². The van der Waals surface area contributed by atoms with Gasteiger partial charge in [-0.25, -0.2) is 23.5 Å². The fourth-order valence-corrected chi connectivity index (χ4v) is 4.01. The Bertz CT molecular complexity index is 1750. The Morgan fingerprint density at radius 1 is 1.12 bits per heavy atom. The zero-order valence-electron chi connectivity index (χ0n) is 17.5. The molecule has 0 saturated heterocycles. The number of nitrogens with zero attached hydrogens (tertiary/aromatic N) is 3. The molecule has 4 aromatic heterocycles. The van der Waals surface area contributed by atoms with E-state index in [1.807, 2.05) is 0 Å². The van der Waals surface area contributed by atoms with E-state index in [0.29, 0.717) is 0 Å². The Morgan fingerprint density at radius 3 is 2.65 bits per heavy atom. The van der Waals surface area contributed by atoms with Crippen LogP contribution in [0.25, 0.3) is 33.1 Å². The maximum absolute atomic E-state index is 14.9. The predicted octanol–water partition coefficient (Wildman–Crippen LogP) is 2.96. The van der Waals surface area contributed by atoms with Crippen molar-refractivity contribution in [3.63, 3.8) is 0 Å². The van der Waals surface area contributed by atoms with Crippen molar-refractivity contribution in [1.82, 2.24) is 24.5 Å². The topological polar surface area (TPSA) is 134 Å². The molecule has 5 rings (SSSR count). The van der Waals surface area contributed by atoms with Crippen molar-refractivity contribution >= 4 is 27.9 Å². The van der Waals surface area contributed by atoms with Crippen LogP contribution >= 0.6 is 0 Å². The minimum Gasteiger partial charge on any atom is -0.477 e. The second kappa shape index (κ2) is 7.73. The van der Waals surface area contributed by atoms with Gasteiger partial charge >= 0.3 is 5.97 Å². The summed E-state index contributed by atoms with van der Waals surface area (Å²) in [5.74, 6) is -2.85. The van der Waals surface area contributed by atoms with Crippen molar-refractivity contribution in [3.05, 3.63) is 92.1 Å². The monoisotopic (exact) mass is 463 g/mol. The van der Waals surface area contributed by atoms with Crippen molar-refractivity contribution in [2.45, 2.75) is 13.5 Å². The first kappa shape index (κ1) is 21.2. The van der Waals surface area contributed by atoms with Crippen LogP contribution in [0.4, 0.5) is 8.78 Å². The van der Waals surface area contributed by atoms with E-state index in [9.17, 15) is 28.3 Å². The Morgan fingerprint density at radius 2 is 1.91 bits per heavy atom. The fourth-order valence-electron chi connectivity index (χ4n) is 4.01. The highest BCUT2D eigenvalue weighted by Gasteiger charge is 2.27.